The van der Waals surface area contributed by atoms with Gasteiger partial charge in [-0.1, -0.05) is 13.3 Å². The van der Waals surface area contributed by atoms with E-state index in [9.17, 15) is 5.11 Å². The van der Waals surface area contributed by atoms with Crippen LogP contribution in [0.5, 0.6) is 0 Å². The Morgan fingerprint density at radius 2 is 2.38 bits per heavy atom. The molecule has 0 saturated heterocycles. The van der Waals surface area contributed by atoms with Gasteiger partial charge in [-0.2, -0.15) is 0 Å². The van der Waals surface area contributed by atoms with Crippen LogP contribution in [0.25, 0.3) is 0 Å². The van der Waals surface area contributed by atoms with Gasteiger partial charge in [-0.05, 0) is 50.0 Å². The highest BCUT2D eigenvalue weighted by molar-refractivity contribution is 5.07. The van der Waals surface area contributed by atoms with Gasteiger partial charge in [-0.15, -0.1) is 0 Å². The average molecular weight is 183 g/mol. The zero-order chi connectivity index (χ0) is 9.47. The van der Waals surface area contributed by atoms with Crippen LogP contribution in [0.15, 0.2) is 0 Å². The van der Waals surface area contributed by atoms with Crippen molar-refractivity contribution in [2.45, 2.75) is 44.6 Å². The van der Waals surface area contributed by atoms with Gasteiger partial charge in [0.05, 0.1) is 5.60 Å². The largest absolute Gasteiger partial charge is 0.389 e. The van der Waals surface area contributed by atoms with E-state index in [4.69, 9.17) is 5.73 Å². The summed E-state index contributed by atoms with van der Waals surface area (Å²) in [7, 11) is 0. The van der Waals surface area contributed by atoms with Crippen molar-refractivity contribution in [3.8, 4) is 0 Å². The Labute approximate surface area is 80.5 Å². The van der Waals surface area contributed by atoms with Crippen LogP contribution in [0, 0.1) is 17.8 Å². The molecular weight excluding hydrogens is 162 g/mol. The quantitative estimate of drug-likeness (QED) is 0.697. The molecule has 0 aromatic rings. The van der Waals surface area contributed by atoms with Gasteiger partial charge in [-0.25, -0.2) is 0 Å². The molecule has 2 fully saturated rings. The van der Waals surface area contributed by atoms with Gasteiger partial charge >= 0.3 is 0 Å². The first-order valence-corrected chi connectivity index (χ1v) is 5.64. The summed E-state index contributed by atoms with van der Waals surface area (Å²) in [5, 5.41) is 10.6. The standard InChI is InChI=1S/C11H21NO/c1-2-9(7-12)11(13)5-3-4-8-6-10(8)11/h8-10,13H,2-7,12H2,1H3. The monoisotopic (exact) mass is 183 g/mol. The van der Waals surface area contributed by atoms with Gasteiger partial charge in [0.1, 0.15) is 0 Å². The fourth-order valence-electron chi connectivity index (χ4n) is 3.24. The minimum Gasteiger partial charge on any atom is -0.389 e. The highest BCUT2D eigenvalue weighted by Gasteiger charge is 2.56. The molecule has 0 amide bonds. The SMILES string of the molecule is CCC(CN)C1(O)CCCC2CC21. The molecule has 2 rings (SSSR count). The molecule has 0 aromatic heterocycles. The summed E-state index contributed by atoms with van der Waals surface area (Å²) in [5.74, 6) is 1.76. The summed E-state index contributed by atoms with van der Waals surface area (Å²) < 4.78 is 0. The molecule has 76 valence electrons. The molecule has 2 aliphatic rings. The molecule has 4 atom stereocenters. The summed E-state index contributed by atoms with van der Waals surface area (Å²) in [6, 6.07) is 0. The lowest BCUT2D eigenvalue weighted by molar-refractivity contribution is -0.0611. The van der Waals surface area contributed by atoms with Crippen molar-refractivity contribution in [1.29, 1.82) is 0 Å². The van der Waals surface area contributed by atoms with Crippen LogP contribution in [-0.2, 0) is 0 Å². The van der Waals surface area contributed by atoms with Crippen LogP contribution < -0.4 is 5.73 Å². The summed E-state index contributed by atoms with van der Waals surface area (Å²) >= 11 is 0. The van der Waals surface area contributed by atoms with E-state index >= 15 is 0 Å². The van der Waals surface area contributed by atoms with Crippen LogP contribution >= 0.6 is 0 Å². The fraction of sp³-hybridized carbons (Fsp3) is 1.00. The van der Waals surface area contributed by atoms with Crippen LogP contribution in [0.1, 0.15) is 39.0 Å². The van der Waals surface area contributed by atoms with Gasteiger partial charge < -0.3 is 10.8 Å². The van der Waals surface area contributed by atoms with E-state index in [2.05, 4.69) is 6.92 Å². The second kappa shape index (κ2) is 3.25. The van der Waals surface area contributed by atoms with E-state index in [1.165, 1.54) is 19.3 Å². The second-order valence-corrected chi connectivity index (χ2v) is 4.83. The maximum absolute atomic E-state index is 10.6. The summed E-state index contributed by atoms with van der Waals surface area (Å²) in [5.41, 5.74) is 5.32. The first kappa shape index (κ1) is 9.47. The number of hydrogen-bond donors (Lipinski definition) is 2. The Bertz CT molecular complexity index is 191. The maximum Gasteiger partial charge on any atom is 0.0718 e. The van der Waals surface area contributed by atoms with E-state index in [-0.39, 0.29) is 0 Å². The van der Waals surface area contributed by atoms with Crippen LogP contribution in [0.4, 0.5) is 0 Å². The lowest BCUT2D eigenvalue weighted by Crippen LogP contribution is -2.45. The van der Waals surface area contributed by atoms with Crippen molar-refractivity contribution in [3.63, 3.8) is 0 Å². The molecule has 13 heavy (non-hydrogen) atoms. The van der Waals surface area contributed by atoms with Gasteiger partial charge in [0.25, 0.3) is 0 Å². The average Bonchev–Trinajstić information content (AvgIpc) is 2.87. The normalized spacial score (nSPS) is 45.5. The summed E-state index contributed by atoms with van der Waals surface area (Å²) in [6.45, 7) is 2.79. The van der Waals surface area contributed by atoms with Crippen molar-refractivity contribution in [3.05, 3.63) is 0 Å². The van der Waals surface area contributed by atoms with E-state index in [1.807, 2.05) is 0 Å². The Morgan fingerprint density at radius 1 is 1.62 bits per heavy atom. The molecule has 0 radical (unpaired) electrons. The van der Waals surface area contributed by atoms with Crippen LogP contribution in [0.3, 0.4) is 0 Å². The predicted molar refractivity (Wildman–Crippen MR) is 53.2 cm³/mol. The summed E-state index contributed by atoms with van der Waals surface area (Å²) in [4.78, 5) is 0. The molecule has 0 aliphatic heterocycles. The zero-order valence-corrected chi connectivity index (χ0v) is 8.50. The Morgan fingerprint density at radius 3 is 3.00 bits per heavy atom. The van der Waals surface area contributed by atoms with Crippen molar-refractivity contribution in [2.24, 2.45) is 23.5 Å². The van der Waals surface area contributed by atoms with Gasteiger partial charge in [-0.3, -0.25) is 0 Å². The number of fused-ring (bicyclic) bond motifs is 1. The molecule has 0 heterocycles. The van der Waals surface area contributed by atoms with Gasteiger partial charge in [0.2, 0.25) is 0 Å². The van der Waals surface area contributed by atoms with Gasteiger partial charge in [0, 0.05) is 0 Å². The Kier molecular flexibility index (Phi) is 2.37. The minimum atomic E-state index is -0.396. The van der Waals surface area contributed by atoms with E-state index in [1.54, 1.807) is 0 Å². The number of hydrogen-bond acceptors (Lipinski definition) is 2. The molecule has 2 saturated carbocycles. The molecular formula is C11H21NO. The third-order valence-corrected chi connectivity index (χ3v) is 4.20. The third-order valence-electron chi connectivity index (χ3n) is 4.20. The minimum absolute atomic E-state index is 0.336. The van der Waals surface area contributed by atoms with E-state index < -0.39 is 5.60 Å². The first-order valence-electron chi connectivity index (χ1n) is 5.64. The maximum atomic E-state index is 10.6. The molecule has 2 nitrogen and oxygen atoms in total. The lowest BCUT2D eigenvalue weighted by atomic mass is 9.74. The van der Waals surface area contributed by atoms with Crippen molar-refractivity contribution < 1.29 is 5.11 Å². The molecule has 0 aromatic carbocycles. The first-order chi connectivity index (χ1) is 6.22. The highest BCUT2D eigenvalue weighted by atomic mass is 16.3. The molecule has 2 aliphatic carbocycles. The lowest BCUT2D eigenvalue weighted by Gasteiger charge is -2.38. The predicted octanol–water partition coefficient (Wildman–Crippen LogP) is 1.52. The molecule has 0 spiro atoms. The fourth-order valence-corrected chi connectivity index (χ4v) is 3.24. The van der Waals surface area contributed by atoms with Crippen LogP contribution in [-0.4, -0.2) is 17.3 Å². The summed E-state index contributed by atoms with van der Waals surface area (Å²) in [6.07, 6.45) is 5.81. The molecule has 2 heteroatoms. The molecule has 0 bridgehead atoms. The smallest absolute Gasteiger partial charge is 0.0718 e. The number of nitrogens with two attached hydrogens (primary N) is 1. The highest BCUT2D eigenvalue weighted by Crippen LogP contribution is 2.57. The van der Waals surface area contributed by atoms with Crippen LogP contribution in [0.2, 0.25) is 0 Å². The third kappa shape index (κ3) is 1.40. The number of rotatable bonds is 3. The zero-order valence-electron chi connectivity index (χ0n) is 8.50. The van der Waals surface area contributed by atoms with E-state index in [0.29, 0.717) is 18.4 Å². The Balaban J connectivity index is 2.08. The molecule has 3 N–H and O–H groups in total. The molecule has 4 unspecified atom stereocenters. The Hall–Kier alpha value is -0.0800. The van der Waals surface area contributed by atoms with Crippen molar-refractivity contribution in [1.82, 2.24) is 0 Å². The topological polar surface area (TPSA) is 46.2 Å². The van der Waals surface area contributed by atoms with Crippen molar-refractivity contribution in [2.75, 3.05) is 6.54 Å². The number of aliphatic hydroxyl groups is 1. The second-order valence-electron chi connectivity index (χ2n) is 4.83. The van der Waals surface area contributed by atoms with Gasteiger partial charge in [0.15, 0.2) is 0 Å². The van der Waals surface area contributed by atoms with E-state index in [0.717, 1.165) is 18.8 Å². The van der Waals surface area contributed by atoms with Crippen molar-refractivity contribution >= 4 is 0 Å².